The number of phosphoric acid groups is 3. The number of carbonyl (C=O) groups excluding carboxylic acids is 3. The van der Waals surface area contributed by atoms with Crippen LogP contribution in [0.3, 0.4) is 0 Å². The van der Waals surface area contributed by atoms with Gasteiger partial charge in [-0.25, -0.2) is 28.6 Å². The number of nitrogen functional groups attached to an aromatic ring is 1. The number of thioether (sulfide) groups is 1. The first-order valence-corrected chi connectivity index (χ1v) is 26.8. The van der Waals surface area contributed by atoms with Crippen LogP contribution in [0.25, 0.3) is 11.2 Å². The van der Waals surface area contributed by atoms with Gasteiger partial charge in [-0.2, -0.15) is 4.31 Å². The van der Waals surface area contributed by atoms with Gasteiger partial charge < -0.3 is 56.0 Å². The molecule has 0 bridgehead atoms. The summed E-state index contributed by atoms with van der Waals surface area (Å²) in [6, 6.07) is 0. The van der Waals surface area contributed by atoms with E-state index < -0.39 is 84.6 Å². The highest BCUT2D eigenvalue weighted by Crippen LogP contribution is 2.61. The second-order valence-electron chi connectivity index (χ2n) is 16.1. The lowest BCUT2D eigenvalue weighted by atomic mass is 9.87. The van der Waals surface area contributed by atoms with Crippen molar-refractivity contribution in [3.05, 3.63) is 24.8 Å². The van der Waals surface area contributed by atoms with E-state index in [-0.39, 0.29) is 47.7 Å². The fourth-order valence-corrected chi connectivity index (χ4v) is 9.92. The minimum Gasteiger partial charge on any atom is -0.389 e. The van der Waals surface area contributed by atoms with E-state index in [1.54, 1.807) is 0 Å². The number of carbonyl (C=O) groups is 3. The van der Waals surface area contributed by atoms with Gasteiger partial charge in [-0.15, -0.1) is 0 Å². The van der Waals surface area contributed by atoms with E-state index in [1.165, 1.54) is 13.8 Å². The standard InChI is InChI=1S/C37H64N7O18P3S/c1-4-5-14-25(45)15-12-10-8-6-7-9-11-13-16-28(47)66-20-19-39-27(46)17-18-40-35(50)32(49)37(2,3)22-59-65(56,57)62-64(54,55)58-21-26-31(61-63(51,52)53)30(48)36(60-26)44-24-43-29-33(38)41-23-42-34(29)44/h12,15,23-26,30-32,36,45,48-49H,4-11,13-14,16-22H2,1-3H3,(H,39,46)(H,40,50)(H,54,55)(H,56,57)(H2,38,41,42)(H2,51,52,53)/b15-12+. The number of aromatic nitrogens is 4. The van der Waals surface area contributed by atoms with Gasteiger partial charge in [-0.05, 0) is 25.7 Å². The van der Waals surface area contributed by atoms with Crippen molar-refractivity contribution in [1.29, 1.82) is 0 Å². The summed E-state index contributed by atoms with van der Waals surface area (Å²) in [5.41, 5.74) is 4.27. The SMILES string of the molecule is CCCCC(O)/C=C/CCCCCCCCC(=O)SCCNC(=O)CCNC(=O)C(O)C(C)(C)COP(=O)(O)OP(=O)(O)OCC1OC(n2cnc3c(N)ncnc32)C(O)C1OP(=O)(O)O. The third-order valence-electron chi connectivity index (χ3n) is 9.98. The quantitative estimate of drug-likeness (QED) is 0.0286. The number of allylic oxidation sites excluding steroid dienone is 1. The molecule has 0 aliphatic carbocycles. The summed E-state index contributed by atoms with van der Waals surface area (Å²) >= 11 is 1.13. The van der Waals surface area contributed by atoms with Crippen molar-refractivity contribution in [2.45, 2.75) is 135 Å². The second-order valence-corrected chi connectivity index (χ2v) is 21.5. The summed E-state index contributed by atoms with van der Waals surface area (Å²) in [6.45, 7) is 2.61. The summed E-state index contributed by atoms with van der Waals surface area (Å²) in [6.07, 6.45) is 6.96. The van der Waals surface area contributed by atoms with Crippen molar-refractivity contribution in [3.8, 4) is 0 Å². The molecular formula is C37H64N7O18P3S. The van der Waals surface area contributed by atoms with Crippen molar-refractivity contribution < 1.29 is 85.6 Å². The number of anilines is 1. The van der Waals surface area contributed by atoms with Crippen LogP contribution in [-0.2, 0) is 50.7 Å². The molecule has 2 amide bonds. The Morgan fingerprint density at radius 1 is 0.955 bits per heavy atom. The Bertz CT molecular complexity index is 2040. The molecule has 376 valence electrons. The Labute approximate surface area is 386 Å². The Hall–Kier alpha value is -2.74. The van der Waals surface area contributed by atoms with Crippen molar-refractivity contribution in [2.75, 3.05) is 37.8 Å². The second kappa shape index (κ2) is 27.4. The Balaban J connectivity index is 1.32. The molecular weight excluding hydrogens is 955 g/mol. The predicted octanol–water partition coefficient (Wildman–Crippen LogP) is 2.89. The van der Waals surface area contributed by atoms with Crippen LogP contribution in [0.4, 0.5) is 5.82 Å². The lowest BCUT2D eigenvalue weighted by Crippen LogP contribution is -2.46. The molecule has 8 atom stereocenters. The highest BCUT2D eigenvalue weighted by atomic mass is 32.2. The van der Waals surface area contributed by atoms with E-state index in [0.29, 0.717) is 12.2 Å². The molecule has 0 radical (unpaired) electrons. The van der Waals surface area contributed by atoms with Crippen molar-refractivity contribution in [3.63, 3.8) is 0 Å². The molecule has 11 N–H and O–H groups in total. The first-order valence-electron chi connectivity index (χ1n) is 21.3. The van der Waals surface area contributed by atoms with Gasteiger partial charge in [0.2, 0.25) is 11.8 Å². The molecule has 0 aromatic carbocycles. The highest BCUT2D eigenvalue weighted by Gasteiger charge is 2.50. The minimum atomic E-state index is -5.58. The monoisotopic (exact) mass is 1020 g/mol. The van der Waals surface area contributed by atoms with Gasteiger partial charge in [0.1, 0.15) is 36.3 Å². The Kier molecular flexibility index (Phi) is 23.9. The highest BCUT2D eigenvalue weighted by molar-refractivity contribution is 8.13. The van der Waals surface area contributed by atoms with Gasteiger partial charge in [0, 0.05) is 37.1 Å². The smallest absolute Gasteiger partial charge is 0.389 e. The fourth-order valence-electron chi connectivity index (χ4n) is 6.37. The zero-order valence-corrected chi connectivity index (χ0v) is 40.5. The van der Waals surface area contributed by atoms with Gasteiger partial charge in [-0.1, -0.05) is 83.2 Å². The van der Waals surface area contributed by atoms with E-state index >= 15 is 0 Å². The summed E-state index contributed by atoms with van der Waals surface area (Å²) in [4.78, 5) is 88.3. The molecule has 1 aliphatic rings. The van der Waals surface area contributed by atoms with Crippen LogP contribution in [0.15, 0.2) is 24.8 Å². The molecule has 66 heavy (non-hydrogen) atoms. The summed E-state index contributed by atoms with van der Waals surface area (Å²) in [5.74, 6) is -1.08. The Morgan fingerprint density at radius 3 is 2.33 bits per heavy atom. The molecule has 3 heterocycles. The molecule has 3 rings (SSSR count). The molecule has 29 heteroatoms. The van der Waals surface area contributed by atoms with E-state index in [0.717, 1.165) is 93.2 Å². The Morgan fingerprint density at radius 2 is 1.64 bits per heavy atom. The van der Waals surface area contributed by atoms with E-state index in [2.05, 4.69) is 41.3 Å². The van der Waals surface area contributed by atoms with Crippen LogP contribution in [0.1, 0.15) is 104 Å². The topological polar surface area (TPSA) is 384 Å². The summed E-state index contributed by atoms with van der Waals surface area (Å²) in [7, 11) is -16.4. The zero-order chi connectivity index (χ0) is 49.1. The number of nitrogens with one attached hydrogen (secondary N) is 2. The third kappa shape index (κ3) is 20.5. The number of hydrogen-bond donors (Lipinski definition) is 10. The van der Waals surface area contributed by atoms with Gasteiger partial charge in [0.15, 0.2) is 22.8 Å². The van der Waals surface area contributed by atoms with Crippen LogP contribution in [-0.4, -0.2) is 134 Å². The number of amides is 2. The number of aliphatic hydroxyl groups excluding tert-OH is 3. The third-order valence-corrected chi connectivity index (χ3v) is 14.0. The van der Waals surface area contributed by atoms with Crippen LogP contribution in [0, 0.1) is 5.41 Å². The molecule has 1 fully saturated rings. The largest absolute Gasteiger partial charge is 0.481 e. The first-order chi connectivity index (χ1) is 30.9. The average molecular weight is 1020 g/mol. The maximum atomic E-state index is 12.7. The average Bonchev–Trinajstić information content (AvgIpc) is 3.80. The number of rotatable bonds is 32. The number of fused-ring (bicyclic) bond motifs is 1. The minimum absolute atomic E-state index is 0.0297. The number of aliphatic hydroxyl groups is 3. The number of imidazole rings is 1. The van der Waals surface area contributed by atoms with Crippen LogP contribution < -0.4 is 16.4 Å². The first kappa shape index (κ1) is 57.6. The van der Waals surface area contributed by atoms with E-state index in [9.17, 15) is 63.0 Å². The van der Waals surface area contributed by atoms with Crippen LogP contribution in [0.5, 0.6) is 0 Å². The number of nitrogens with zero attached hydrogens (tertiary/aromatic N) is 4. The van der Waals surface area contributed by atoms with Gasteiger partial charge in [0.25, 0.3) is 0 Å². The van der Waals surface area contributed by atoms with E-state index in [1.807, 2.05) is 12.2 Å². The van der Waals surface area contributed by atoms with Gasteiger partial charge in [0.05, 0.1) is 25.6 Å². The van der Waals surface area contributed by atoms with Gasteiger partial charge in [-0.3, -0.25) is 32.5 Å². The van der Waals surface area contributed by atoms with Crippen molar-refractivity contribution in [2.24, 2.45) is 5.41 Å². The molecule has 1 saturated heterocycles. The lowest BCUT2D eigenvalue weighted by molar-refractivity contribution is -0.137. The molecule has 2 aromatic rings. The van der Waals surface area contributed by atoms with Crippen molar-refractivity contribution >= 4 is 69.1 Å². The number of nitrogens with two attached hydrogens (primary N) is 1. The van der Waals surface area contributed by atoms with Crippen molar-refractivity contribution in [1.82, 2.24) is 30.2 Å². The van der Waals surface area contributed by atoms with Gasteiger partial charge >= 0.3 is 23.5 Å². The molecule has 8 unspecified atom stereocenters. The number of unbranched alkanes of at least 4 members (excludes halogenated alkanes) is 7. The molecule has 1 aliphatic heterocycles. The maximum Gasteiger partial charge on any atom is 0.481 e. The van der Waals surface area contributed by atoms with Crippen LogP contribution >= 0.6 is 35.2 Å². The molecule has 0 spiro atoms. The maximum absolute atomic E-state index is 12.7. The molecule has 2 aromatic heterocycles. The number of phosphoric ester groups is 3. The zero-order valence-electron chi connectivity index (χ0n) is 37.0. The molecule has 0 saturated carbocycles. The fraction of sp³-hybridized carbons (Fsp3) is 0.730. The summed E-state index contributed by atoms with van der Waals surface area (Å²) < 4.78 is 62.4. The van der Waals surface area contributed by atoms with Crippen LogP contribution in [0.2, 0.25) is 0 Å². The normalized spacial score (nSPS) is 20.8. The lowest BCUT2D eigenvalue weighted by Gasteiger charge is -2.30. The van der Waals surface area contributed by atoms with E-state index in [4.69, 9.17) is 19.5 Å². The molecule has 25 nitrogen and oxygen atoms in total. The summed E-state index contributed by atoms with van der Waals surface area (Å²) in [5, 5.41) is 36.4. The number of hydrogen-bond acceptors (Lipinski definition) is 19. The predicted molar refractivity (Wildman–Crippen MR) is 239 cm³/mol. The number of ether oxygens (including phenoxy) is 1.